The predicted molar refractivity (Wildman–Crippen MR) is 117 cm³/mol. The Morgan fingerprint density at radius 3 is 2.50 bits per heavy atom. The number of benzene rings is 2. The molecule has 0 bridgehead atoms. The van der Waals surface area contributed by atoms with Crippen molar-refractivity contribution in [1.82, 2.24) is 0 Å². The first-order chi connectivity index (χ1) is 14.4. The van der Waals surface area contributed by atoms with Gasteiger partial charge in [0.1, 0.15) is 19.4 Å². The lowest BCUT2D eigenvalue weighted by molar-refractivity contribution is -0.0987. The van der Waals surface area contributed by atoms with E-state index in [9.17, 15) is 14.3 Å². The second kappa shape index (κ2) is 12.7. The van der Waals surface area contributed by atoms with Crippen molar-refractivity contribution in [1.29, 1.82) is 0 Å². The molecule has 1 aliphatic heterocycles. The summed E-state index contributed by atoms with van der Waals surface area (Å²) in [4.78, 5) is 30.8. The zero-order valence-corrected chi connectivity index (χ0v) is 17.6. The highest BCUT2D eigenvalue weighted by Crippen LogP contribution is 2.24. The summed E-state index contributed by atoms with van der Waals surface area (Å²) in [6.07, 6.45) is 2.20. The Balaban J connectivity index is 0.00000106. The molecule has 0 spiro atoms. The molecule has 30 heavy (non-hydrogen) atoms. The van der Waals surface area contributed by atoms with Crippen molar-refractivity contribution in [3.8, 4) is 0 Å². The Morgan fingerprint density at radius 2 is 1.83 bits per heavy atom. The van der Waals surface area contributed by atoms with E-state index in [1.165, 1.54) is 18.2 Å². The van der Waals surface area contributed by atoms with Crippen LogP contribution >= 0.6 is 11.6 Å². The minimum Gasteiger partial charge on any atom is -0.393 e. The molecule has 1 atom stereocenters. The highest BCUT2D eigenvalue weighted by atomic mass is 35.5. The Bertz CT molecular complexity index is 848. The van der Waals surface area contributed by atoms with Crippen molar-refractivity contribution in [2.24, 2.45) is 0 Å². The molecule has 1 saturated heterocycles. The summed E-state index contributed by atoms with van der Waals surface area (Å²) in [5.41, 5.74) is 2.93. The fourth-order valence-electron chi connectivity index (χ4n) is 3.19. The van der Waals surface area contributed by atoms with Crippen LogP contribution in [0.15, 0.2) is 36.4 Å². The number of carbonyl (C=O) groups excluding carboxylic acids is 3. The zero-order chi connectivity index (χ0) is 22.7. The molecule has 6 nitrogen and oxygen atoms in total. The smallest absolute Gasteiger partial charge is 0.255 e. The summed E-state index contributed by atoms with van der Waals surface area (Å²) in [5, 5.41) is 12.6. The molecule has 3 rings (SSSR count). The lowest BCUT2D eigenvalue weighted by atomic mass is 10.1. The van der Waals surface area contributed by atoms with Crippen molar-refractivity contribution in [2.45, 2.75) is 32.3 Å². The minimum absolute atomic E-state index is 0.0316. The van der Waals surface area contributed by atoms with Crippen molar-refractivity contribution < 1.29 is 23.9 Å². The van der Waals surface area contributed by atoms with Gasteiger partial charge >= 0.3 is 0 Å². The van der Waals surface area contributed by atoms with Gasteiger partial charge in [0, 0.05) is 30.0 Å². The van der Waals surface area contributed by atoms with Gasteiger partial charge in [0.2, 0.25) is 0 Å². The molecule has 1 heterocycles. The molecule has 0 saturated carbocycles. The number of hydrogen-bond donors (Lipinski definition) is 2. The standard InChI is InChI=1S/C20H22ClFN2O2.2CH2O/c1-13-9-14(20(26)23-15-4-5-19(22)18(21)12-15)11-16(10-13)24-7-2-3-17(25)6-8-24;2*1-2/h4-5,9-12,17,25H,2-3,6-8H2,1H3,(H,23,26);2*1H2. The predicted octanol–water partition coefficient (Wildman–Crippen LogP) is 4.02. The molecule has 2 aromatic rings. The maximum Gasteiger partial charge on any atom is 0.255 e. The van der Waals surface area contributed by atoms with E-state index in [1.807, 2.05) is 38.7 Å². The van der Waals surface area contributed by atoms with Crippen molar-refractivity contribution in [2.75, 3.05) is 23.3 Å². The first kappa shape index (κ1) is 25.3. The second-order valence-electron chi connectivity index (χ2n) is 6.71. The van der Waals surface area contributed by atoms with Gasteiger partial charge in [-0.05, 0) is 68.1 Å². The fourth-order valence-corrected chi connectivity index (χ4v) is 3.37. The summed E-state index contributed by atoms with van der Waals surface area (Å²) in [5.74, 6) is -0.793. The van der Waals surface area contributed by atoms with E-state index in [1.54, 1.807) is 0 Å². The molecule has 1 amide bonds. The van der Waals surface area contributed by atoms with Crippen LogP contribution in [0.2, 0.25) is 5.02 Å². The molecule has 0 radical (unpaired) electrons. The maximum absolute atomic E-state index is 13.3. The Labute approximate surface area is 180 Å². The third-order valence-corrected chi connectivity index (χ3v) is 4.85. The van der Waals surface area contributed by atoms with E-state index >= 15 is 0 Å². The zero-order valence-electron chi connectivity index (χ0n) is 16.9. The van der Waals surface area contributed by atoms with Gasteiger partial charge in [0.15, 0.2) is 0 Å². The maximum atomic E-state index is 13.3. The highest BCUT2D eigenvalue weighted by molar-refractivity contribution is 6.31. The summed E-state index contributed by atoms with van der Waals surface area (Å²) in [6.45, 7) is 7.57. The van der Waals surface area contributed by atoms with E-state index in [0.29, 0.717) is 11.3 Å². The van der Waals surface area contributed by atoms with E-state index in [0.717, 1.165) is 43.6 Å². The third-order valence-electron chi connectivity index (χ3n) is 4.56. The van der Waals surface area contributed by atoms with Crippen LogP contribution in [-0.4, -0.2) is 43.8 Å². The average Bonchev–Trinajstić information content (AvgIpc) is 2.98. The number of nitrogens with zero attached hydrogens (tertiary/aromatic N) is 1. The minimum atomic E-state index is -0.522. The largest absolute Gasteiger partial charge is 0.393 e. The normalized spacial score (nSPS) is 15.6. The van der Waals surface area contributed by atoms with Gasteiger partial charge in [-0.25, -0.2) is 4.39 Å². The number of amides is 1. The number of nitrogens with one attached hydrogen (secondary N) is 1. The monoisotopic (exact) mass is 436 g/mol. The van der Waals surface area contributed by atoms with Gasteiger partial charge < -0.3 is 24.9 Å². The SMILES string of the molecule is C=O.C=O.Cc1cc(C(=O)Nc2ccc(F)c(Cl)c2)cc(N2CCCC(O)CC2)c1. The average molecular weight is 437 g/mol. The summed E-state index contributed by atoms with van der Waals surface area (Å²) in [6, 6.07) is 9.81. The first-order valence-electron chi connectivity index (χ1n) is 9.31. The van der Waals surface area contributed by atoms with Crippen LogP contribution < -0.4 is 10.2 Å². The van der Waals surface area contributed by atoms with Crippen LogP contribution in [0.1, 0.15) is 35.2 Å². The van der Waals surface area contributed by atoms with E-state index < -0.39 is 5.82 Å². The molecule has 8 heteroatoms. The molecule has 162 valence electrons. The van der Waals surface area contributed by atoms with Crippen LogP contribution in [0, 0.1) is 12.7 Å². The first-order valence-corrected chi connectivity index (χ1v) is 9.69. The van der Waals surface area contributed by atoms with Gasteiger partial charge in [0.05, 0.1) is 11.1 Å². The summed E-state index contributed by atoms with van der Waals surface area (Å²) >= 11 is 5.77. The number of hydrogen-bond acceptors (Lipinski definition) is 5. The van der Waals surface area contributed by atoms with Crippen LogP contribution in [0.5, 0.6) is 0 Å². The second-order valence-corrected chi connectivity index (χ2v) is 7.12. The molecular formula is C22H26ClFN2O4. The molecule has 0 aliphatic carbocycles. The van der Waals surface area contributed by atoms with Crippen LogP contribution in [0.4, 0.5) is 15.8 Å². The van der Waals surface area contributed by atoms with Crippen molar-refractivity contribution in [3.05, 3.63) is 58.4 Å². The third kappa shape index (κ3) is 7.24. The Hall–Kier alpha value is -2.77. The lowest BCUT2D eigenvalue weighted by Crippen LogP contribution is -2.25. The highest BCUT2D eigenvalue weighted by Gasteiger charge is 2.17. The van der Waals surface area contributed by atoms with Gasteiger partial charge in [-0.3, -0.25) is 4.79 Å². The molecule has 1 fully saturated rings. The van der Waals surface area contributed by atoms with Crippen LogP contribution in [-0.2, 0) is 9.59 Å². The van der Waals surface area contributed by atoms with E-state index in [-0.39, 0.29) is 17.0 Å². The molecule has 1 unspecified atom stereocenters. The molecule has 1 aliphatic rings. The van der Waals surface area contributed by atoms with Crippen molar-refractivity contribution in [3.63, 3.8) is 0 Å². The van der Waals surface area contributed by atoms with Crippen molar-refractivity contribution >= 4 is 42.5 Å². The molecule has 0 aromatic heterocycles. The number of carbonyl (C=O) groups is 3. The Morgan fingerprint density at radius 1 is 1.13 bits per heavy atom. The number of halogens is 2. The summed E-state index contributed by atoms with van der Waals surface area (Å²) in [7, 11) is 0. The van der Waals surface area contributed by atoms with Gasteiger partial charge in [0.25, 0.3) is 5.91 Å². The topological polar surface area (TPSA) is 86.7 Å². The van der Waals surface area contributed by atoms with E-state index in [4.69, 9.17) is 21.2 Å². The molecule has 2 aromatic carbocycles. The Kier molecular flexibility index (Phi) is 10.7. The quantitative estimate of drug-likeness (QED) is 0.758. The van der Waals surface area contributed by atoms with Gasteiger partial charge in [-0.1, -0.05) is 11.6 Å². The molecular weight excluding hydrogens is 411 g/mol. The number of rotatable bonds is 3. The van der Waals surface area contributed by atoms with Crippen LogP contribution in [0.3, 0.4) is 0 Å². The van der Waals surface area contributed by atoms with E-state index in [2.05, 4.69) is 10.2 Å². The van der Waals surface area contributed by atoms with Gasteiger partial charge in [-0.15, -0.1) is 0 Å². The summed E-state index contributed by atoms with van der Waals surface area (Å²) < 4.78 is 13.3. The number of aryl methyl sites for hydroxylation is 1. The fraction of sp³-hybridized carbons (Fsp3) is 0.318. The van der Waals surface area contributed by atoms with Crippen LogP contribution in [0.25, 0.3) is 0 Å². The molecule has 2 N–H and O–H groups in total. The van der Waals surface area contributed by atoms with Gasteiger partial charge in [-0.2, -0.15) is 0 Å². The number of aliphatic hydroxyl groups excluding tert-OH is 1. The number of aliphatic hydroxyl groups is 1. The lowest BCUT2D eigenvalue weighted by Gasteiger charge is -2.24. The number of anilines is 2.